The SMILES string of the molecule is C[Si](C)(C)CCN1C(=O)CN(c2ccc(CCCN)cc2OCc2ccccc2)S1(=O)=O. The van der Waals surface area contributed by atoms with Gasteiger partial charge in [-0.3, -0.25) is 4.79 Å². The second-order valence-corrected chi connectivity index (χ2v) is 16.7. The minimum atomic E-state index is -3.95. The van der Waals surface area contributed by atoms with Crippen LogP contribution >= 0.6 is 0 Å². The Hall–Kier alpha value is -2.36. The van der Waals surface area contributed by atoms with Crippen LogP contribution in [0.5, 0.6) is 5.75 Å². The number of ether oxygens (including phenoxy) is 1. The summed E-state index contributed by atoms with van der Waals surface area (Å²) in [5.41, 5.74) is 8.02. The van der Waals surface area contributed by atoms with Crippen LogP contribution in [-0.4, -0.2) is 46.3 Å². The largest absolute Gasteiger partial charge is 0.487 e. The standard InChI is InChI=1S/C23H33N3O4SSi/c1-32(2,3)15-14-25-23(27)17-26(31(25,28)29)21-12-11-19(10-7-13-24)16-22(21)30-18-20-8-5-4-6-9-20/h4-6,8-9,11-12,16H,7,10,13-15,17-18,24H2,1-3H3. The zero-order valence-corrected chi connectivity index (χ0v) is 20.9. The van der Waals surface area contributed by atoms with E-state index < -0.39 is 24.2 Å². The maximum Gasteiger partial charge on any atom is 0.329 e. The molecule has 0 atom stereocenters. The van der Waals surface area contributed by atoms with Crippen LogP contribution < -0.4 is 14.8 Å². The first kappa shape index (κ1) is 24.3. The molecule has 174 valence electrons. The summed E-state index contributed by atoms with van der Waals surface area (Å²) in [5.74, 6) is 0.0521. The molecule has 1 heterocycles. The minimum absolute atomic E-state index is 0.210. The third kappa shape index (κ3) is 5.90. The molecular weight excluding hydrogens is 442 g/mol. The lowest BCUT2D eigenvalue weighted by Gasteiger charge is -2.24. The molecule has 9 heteroatoms. The van der Waals surface area contributed by atoms with Gasteiger partial charge in [-0.25, -0.2) is 8.61 Å². The van der Waals surface area contributed by atoms with Crippen molar-refractivity contribution in [2.24, 2.45) is 5.73 Å². The van der Waals surface area contributed by atoms with Crippen LogP contribution in [0.1, 0.15) is 17.5 Å². The van der Waals surface area contributed by atoms with E-state index in [9.17, 15) is 13.2 Å². The lowest BCUT2D eigenvalue weighted by atomic mass is 10.1. The molecule has 3 rings (SSSR count). The van der Waals surface area contributed by atoms with Crippen molar-refractivity contribution in [3.8, 4) is 5.75 Å². The van der Waals surface area contributed by atoms with Crippen LogP contribution in [0.3, 0.4) is 0 Å². The molecule has 0 spiro atoms. The fraction of sp³-hybridized carbons (Fsp3) is 0.435. The van der Waals surface area contributed by atoms with Crippen LogP contribution in [0.4, 0.5) is 5.69 Å². The number of benzene rings is 2. The average Bonchev–Trinajstić information content (AvgIpc) is 2.97. The maximum atomic E-state index is 13.3. The normalized spacial score (nSPS) is 15.9. The predicted octanol–water partition coefficient (Wildman–Crippen LogP) is 3.39. The summed E-state index contributed by atoms with van der Waals surface area (Å²) in [4.78, 5) is 12.7. The van der Waals surface area contributed by atoms with Crippen molar-refractivity contribution < 1.29 is 17.9 Å². The molecule has 0 bridgehead atoms. The van der Waals surface area contributed by atoms with Gasteiger partial charge in [-0.05, 0) is 48.7 Å². The highest BCUT2D eigenvalue weighted by atomic mass is 32.2. The summed E-state index contributed by atoms with van der Waals surface area (Å²) in [5, 5.41) is 0. The summed E-state index contributed by atoms with van der Waals surface area (Å²) in [7, 11) is -5.46. The molecule has 0 aliphatic carbocycles. The van der Waals surface area contributed by atoms with Crippen LogP contribution in [-0.2, 0) is 28.0 Å². The van der Waals surface area contributed by atoms with E-state index in [2.05, 4.69) is 19.6 Å². The molecule has 7 nitrogen and oxygen atoms in total. The second kappa shape index (κ2) is 10.1. The van der Waals surface area contributed by atoms with Crippen LogP contribution in [0.15, 0.2) is 48.5 Å². The van der Waals surface area contributed by atoms with Gasteiger partial charge in [0.2, 0.25) is 0 Å². The number of nitrogens with zero attached hydrogens (tertiary/aromatic N) is 2. The lowest BCUT2D eigenvalue weighted by Crippen LogP contribution is -2.37. The quantitative estimate of drug-likeness (QED) is 0.532. The van der Waals surface area contributed by atoms with Crippen LogP contribution in [0.25, 0.3) is 0 Å². The number of hydrogen-bond donors (Lipinski definition) is 1. The highest BCUT2D eigenvalue weighted by molar-refractivity contribution is 7.91. The van der Waals surface area contributed by atoms with Crippen molar-refractivity contribution in [2.75, 3.05) is 23.9 Å². The molecule has 1 saturated heterocycles. The summed E-state index contributed by atoms with van der Waals surface area (Å²) in [6.07, 6.45) is 1.59. The number of rotatable bonds is 10. The Morgan fingerprint density at radius 1 is 1.06 bits per heavy atom. The zero-order valence-electron chi connectivity index (χ0n) is 19.1. The fourth-order valence-electron chi connectivity index (χ4n) is 3.49. The first-order valence-corrected chi connectivity index (χ1v) is 16.1. The molecule has 0 aromatic heterocycles. The first-order valence-electron chi connectivity index (χ1n) is 10.9. The Morgan fingerprint density at radius 2 is 1.78 bits per heavy atom. The molecule has 2 aromatic carbocycles. The van der Waals surface area contributed by atoms with Gasteiger partial charge in [-0.1, -0.05) is 56.0 Å². The average molecular weight is 476 g/mol. The molecule has 1 fully saturated rings. The number of nitrogens with two attached hydrogens (primary N) is 1. The van der Waals surface area contributed by atoms with Gasteiger partial charge in [-0.2, -0.15) is 8.42 Å². The number of anilines is 1. The fourth-order valence-corrected chi connectivity index (χ4v) is 6.10. The van der Waals surface area contributed by atoms with Gasteiger partial charge in [0.25, 0.3) is 5.91 Å². The van der Waals surface area contributed by atoms with Crippen LogP contribution in [0, 0.1) is 0 Å². The Balaban J connectivity index is 1.90. The predicted molar refractivity (Wildman–Crippen MR) is 131 cm³/mol. The van der Waals surface area contributed by atoms with Crippen molar-refractivity contribution >= 4 is 29.9 Å². The van der Waals surface area contributed by atoms with E-state index in [-0.39, 0.29) is 13.1 Å². The molecule has 1 amide bonds. The molecule has 2 N–H and O–H groups in total. The van der Waals surface area contributed by atoms with E-state index in [1.54, 1.807) is 6.07 Å². The van der Waals surface area contributed by atoms with Gasteiger partial charge in [0, 0.05) is 14.6 Å². The molecule has 32 heavy (non-hydrogen) atoms. The lowest BCUT2D eigenvalue weighted by molar-refractivity contribution is -0.123. The summed E-state index contributed by atoms with van der Waals surface area (Å²) >= 11 is 0. The van der Waals surface area contributed by atoms with E-state index in [0.29, 0.717) is 24.6 Å². The molecular formula is C23H33N3O4SSi. The van der Waals surface area contributed by atoms with Crippen molar-refractivity contribution in [2.45, 2.75) is 45.1 Å². The van der Waals surface area contributed by atoms with Crippen molar-refractivity contribution in [3.05, 3.63) is 59.7 Å². The third-order valence-electron chi connectivity index (χ3n) is 5.38. The van der Waals surface area contributed by atoms with Gasteiger partial charge in [0.15, 0.2) is 0 Å². The van der Waals surface area contributed by atoms with E-state index >= 15 is 0 Å². The molecule has 2 aromatic rings. The van der Waals surface area contributed by atoms with Crippen molar-refractivity contribution in [1.82, 2.24) is 4.31 Å². The summed E-state index contributed by atoms with van der Waals surface area (Å²) in [6.45, 7) is 7.37. The van der Waals surface area contributed by atoms with E-state index in [0.717, 1.165) is 34.3 Å². The van der Waals surface area contributed by atoms with E-state index in [4.69, 9.17) is 10.5 Å². The topological polar surface area (TPSA) is 92.9 Å². The van der Waals surface area contributed by atoms with Gasteiger partial charge in [0.05, 0.1) is 5.69 Å². The maximum absolute atomic E-state index is 13.3. The minimum Gasteiger partial charge on any atom is -0.487 e. The molecule has 0 saturated carbocycles. The number of hydrogen-bond acceptors (Lipinski definition) is 5. The highest BCUT2D eigenvalue weighted by Gasteiger charge is 2.43. The Labute approximate surface area is 192 Å². The highest BCUT2D eigenvalue weighted by Crippen LogP contribution is 2.36. The van der Waals surface area contributed by atoms with Gasteiger partial charge >= 0.3 is 10.2 Å². The van der Waals surface area contributed by atoms with Gasteiger partial charge < -0.3 is 10.5 Å². The van der Waals surface area contributed by atoms with Gasteiger partial charge in [0.1, 0.15) is 18.9 Å². The monoisotopic (exact) mass is 475 g/mol. The Kier molecular flexibility index (Phi) is 7.63. The first-order chi connectivity index (χ1) is 15.1. The molecule has 1 aliphatic heterocycles. The number of aryl methyl sites for hydroxylation is 1. The summed E-state index contributed by atoms with van der Waals surface area (Å²) in [6, 6.07) is 15.9. The molecule has 0 unspecified atom stereocenters. The molecule has 1 aliphatic rings. The van der Waals surface area contributed by atoms with Gasteiger partial charge in [-0.15, -0.1) is 0 Å². The number of amides is 1. The van der Waals surface area contributed by atoms with E-state index in [1.165, 1.54) is 4.31 Å². The Bertz CT molecular complexity index is 1040. The van der Waals surface area contributed by atoms with Crippen molar-refractivity contribution in [1.29, 1.82) is 0 Å². The van der Waals surface area contributed by atoms with Crippen molar-refractivity contribution in [3.63, 3.8) is 0 Å². The second-order valence-electron chi connectivity index (χ2n) is 9.26. The van der Waals surface area contributed by atoms with E-state index in [1.807, 2.05) is 42.5 Å². The zero-order chi connectivity index (χ0) is 23.4. The Morgan fingerprint density at radius 3 is 2.44 bits per heavy atom. The summed E-state index contributed by atoms with van der Waals surface area (Å²) < 4.78 is 34.8. The number of carbonyl (C=O) groups excluding carboxylic acids is 1. The smallest absolute Gasteiger partial charge is 0.329 e. The third-order valence-corrected chi connectivity index (χ3v) is 8.93. The molecule has 0 radical (unpaired) electrons. The number of carbonyl (C=O) groups is 1. The van der Waals surface area contributed by atoms with Crippen LogP contribution in [0.2, 0.25) is 25.7 Å².